The van der Waals surface area contributed by atoms with Gasteiger partial charge in [-0.2, -0.15) is 0 Å². The summed E-state index contributed by atoms with van der Waals surface area (Å²) in [6.07, 6.45) is 0.465. The lowest BCUT2D eigenvalue weighted by molar-refractivity contribution is 0.0240. The van der Waals surface area contributed by atoms with Crippen molar-refractivity contribution in [2.75, 3.05) is 40.0 Å². The topological polar surface area (TPSA) is 49.0 Å². The molecule has 0 spiro atoms. The SMILES string of the molecule is COc1c(F)cc2c(c1C1CNCCO1)OCCCO2. The molecule has 0 radical (unpaired) electrons. The van der Waals surface area contributed by atoms with E-state index in [1.54, 1.807) is 0 Å². The molecule has 0 aliphatic carbocycles. The number of ether oxygens (including phenoxy) is 4. The third kappa shape index (κ3) is 2.41. The summed E-state index contributed by atoms with van der Waals surface area (Å²) in [6.45, 7) is 3.00. The Hall–Kier alpha value is -1.53. The lowest BCUT2D eigenvalue weighted by Crippen LogP contribution is -2.33. The minimum Gasteiger partial charge on any atom is -0.493 e. The van der Waals surface area contributed by atoms with E-state index in [1.807, 2.05) is 0 Å². The van der Waals surface area contributed by atoms with Gasteiger partial charge in [0.15, 0.2) is 23.1 Å². The van der Waals surface area contributed by atoms with Gasteiger partial charge in [0.2, 0.25) is 0 Å². The Morgan fingerprint density at radius 2 is 2.15 bits per heavy atom. The highest BCUT2D eigenvalue weighted by Crippen LogP contribution is 2.45. The molecule has 1 atom stereocenters. The smallest absolute Gasteiger partial charge is 0.170 e. The number of fused-ring (bicyclic) bond motifs is 1. The summed E-state index contributed by atoms with van der Waals surface area (Å²) in [4.78, 5) is 0. The average molecular weight is 283 g/mol. The fourth-order valence-electron chi connectivity index (χ4n) is 2.53. The molecule has 1 aromatic rings. The van der Waals surface area contributed by atoms with E-state index >= 15 is 0 Å². The van der Waals surface area contributed by atoms with Crippen LogP contribution in [0.3, 0.4) is 0 Å². The maximum atomic E-state index is 14.2. The number of methoxy groups -OCH3 is 1. The third-order valence-electron chi connectivity index (χ3n) is 3.43. The monoisotopic (exact) mass is 283 g/mol. The fourth-order valence-corrected chi connectivity index (χ4v) is 2.53. The van der Waals surface area contributed by atoms with Crippen LogP contribution in [-0.4, -0.2) is 40.0 Å². The Bertz CT molecular complexity index is 489. The van der Waals surface area contributed by atoms with Crippen molar-refractivity contribution in [2.45, 2.75) is 12.5 Å². The number of benzene rings is 1. The zero-order chi connectivity index (χ0) is 13.9. The summed E-state index contributed by atoms with van der Waals surface area (Å²) in [5.41, 5.74) is 0.594. The summed E-state index contributed by atoms with van der Waals surface area (Å²) in [5.74, 6) is 0.670. The molecular weight excluding hydrogens is 265 g/mol. The van der Waals surface area contributed by atoms with E-state index in [0.717, 1.165) is 13.0 Å². The van der Waals surface area contributed by atoms with Gasteiger partial charge in [0.1, 0.15) is 6.10 Å². The molecule has 1 unspecified atom stereocenters. The first-order valence-electron chi connectivity index (χ1n) is 6.79. The molecule has 2 aliphatic heterocycles. The number of rotatable bonds is 2. The molecule has 1 N–H and O–H groups in total. The van der Waals surface area contributed by atoms with Gasteiger partial charge in [-0.25, -0.2) is 4.39 Å². The molecule has 2 heterocycles. The van der Waals surface area contributed by atoms with Crippen LogP contribution >= 0.6 is 0 Å². The maximum Gasteiger partial charge on any atom is 0.170 e. The van der Waals surface area contributed by atoms with E-state index in [9.17, 15) is 4.39 Å². The van der Waals surface area contributed by atoms with Gasteiger partial charge in [-0.1, -0.05) is 0 Å². The molecule has 20 heavy (non-hydrogen) atoms. The van der Waals surface area contributed by atoms with E-state index in [2.05, 4.69) is 5.32 Å². The van der Waals surface area contributed by atoms with Crippen LogP contribution in [0, 0.1) is 5.82 Å². The second kappa shape index (κ2) is 5.85. The first-order chi connectivity index (χ1) is 9.81. The van der Waals surface area contributed by atoms with Gasteiger partial charge >= 0.3 is 0 Å². The maximum absolute atomic E-state index is 14.2. The highest BCUT2D eigenvalue weighted by molar-refractivity contribution is 5.56. The Morgan fingerprint density at radius 1 is 1.30 bits per heavy atom. The van der Waals surface area contributed by atoms with Gasteiger partial charge in [-0.3, -0.25) is 0 Å². The van der Waals surface area contributed by atoms with Crippen LogP contribution in [-0.2, 0) is 4.74 Å². The first-order valence-corrected chi connectivity index (χ1v) is 6.79. The highest BCUT2D eigenvalue weighted by atomic mass is 19.1. The average Bonchev–Trinajstić information content (AvgIpc) is 2.71. The van der Waals surface area contributed by atoms with Crippen molar-refractivity contribution in [1.82, 2.24) is 5.32 Å². The van der Waals surface area contributed by atoms with Crippen molar-refractivity contribution in [2.24, 2.45) is 0 Å². The summed E-state index contributed by atoms with van der Waals surface area (Å²) in [5, 5.41) is 3.23. The Kier molecular flexibility index (Phi) is 3.93. The Balaban J connectivity index is 2.09. The van der Waals surface area contributed by atoms with Crippen LogP contribution in [0.2, 0.25) is 0 Å². The Labute approximate surface area is 117 Å². The zero-order valence-corrected chi connectivity index (χ0v) is 11.4. The molecule has 0 saturated carbocycles. The van der Waals surface area contributed by atoms with Crippen LogP contribution in [0.1, 0.15) is 18.1 Å². The van der Waals surface area contributed by atoms with Gasteiger partial charge in [0.25, 0.3) is 0 Å². The van der Waals surface area contributed by atoms with Crippen molar-refractivity contribution >= 4 is 0 Å². The predicted molar refractivity (Wildman–Crippen MR) is 70.1 cm³/mol. The second-order valence-electron chi connectivity index (χ2n) is 4.75. The van der Waals surface area contributed by atoms with Crippen LogP contribution in [0.15, 0.2) is 6.07 Å². The molecule has 1 fully saturated rings. The van der Waals surface area contributed by atoms with Crippen LogP contribution in [0.25, 0.3) is 0 Å². The van der Waals surface area contributed by atoms with Crippen molar-refractivity contribution in [3.05, 3.63) is 17.4 Å². The van der Waals surface area contributed by atoms with Crippen LogP contribution in [0.5, 0.6) is 17.2 Å². The second-order valence-corrected chi connectivity index (χ2v) is 4.75. The molecule has 1 aromatic carbocycles. The standard InChI is InChI=1S/C14H18FNO4/c1-17-13-9(15)7-10-14(20-5-2-4-18-10)12(13)11-8-16-3-6-19-11/h7,11,16H,2-6,8H2,1H3. The van der Waals surface area contributed by atoms with Crippen molar-refractivity contribution in [3.8, 4) is 17.2 Å². The number of halogens is 1. The molecule has 0 amide bonds. The Morgan fingerprint density at radius 3 is 2.90 bits per heavy atom. The lowest BCUT2D eigenvalue weighted by Gasteiger charge is -2.27. The predicted octanol–water partition coefficient (Wildman–Crippen LogP) is 1.66. The number of nitrogens with one attached hydrogen (secondary N) is 1. The molecule has 6 heteroatoms. The molecular formula is C14H18FNO4. The lowest BCUT2D eigenvalue weighted by atomic mass is 10.0. The summed E-state index contributed by atoms with van der Waals surface area (Å²) < 4.78 is 36.4. The van der Waals surface area contributed by atoms with Gasteiger partial charge < -0.3 is 24.3 Å². The number of hydrogen-bond acceptors (Lipinski definition) is 5. The van der Waals surface area contributed by atoms with Crippen molar-refractivity contribution in [1.29, 1.82) is 0 Å². The molecule has 0 aromatic heterocycles. The van der Waals surface area contributed by atoms with Gasteiger partial charge in [-0.15, -0.1) is 0 Å². The summed E-state index contributed by atoms with van der Waals surface area (Å²) in [6, 6.07) is 1.32. The molecule has 0 bridgehead atoms. The van der Waals surface area contributed by atoms with Crippen LogP contribution < -0.4 is 19.5 Å². The largest absolute Gasteiger partial charge is 0.493 e. The molecule has 1 saturated heterocycles. The number of hydrogen-bond donors (Lipinski definition) is 1. The third-order valence-corrected chi connectivity index (χ3v) is 3.43. The quantitative estimate of drug-likeness (QED) is 0.894. The molecule has 5 nitrogen and oxygen atoms in total. The van der Waals surface area contributed by atoms with E-state index in [1.165, 1.54) is 13.2 Å². The van der Waals surface area contributed by atoms with E-state index in [-0.39, 0.29) is 11.9 Å². The highest BCUT2D eigenvalue weighted by Gasteiger charge is 2.30. The van der Waals surface area contributed by atoms with Gasteiger partial charge in [0.05, 0.1) is 32.5 Å². The number of morpholine rings is 1. The normalized spacial score (nSPS) is 22.2. The minimum atomic E-state index is -0.457. The van der Waals surface area contributed by atoms with Crippen molar-refractivity contribution in [3.63, 3.8) is 0 Å². The van der Waals surface area contributed by atoms with Crippen molar-refractivity contribution < 1.29 is 23.3 Å². The van der Waals surface area contributed by atoms with Crippen LogP contribution in [0.4, 0.5) is 4.39 Å². The van der Waals surface area contributed by atoms with Gasteiger partial charge in [0, 0.05) is 25.6 Å². The first kappa shape index (κ1) is 13.5. The summed E-state index contributed by atoms with van der Waals surface area (Å²) in [7, 11) is 1.45. The van der Waals surface area contributed by atoms with Gasteiger partial charge in [-0.05, 0) is 0 Å². The van der Waals surface area contributed by atoms with E-state index in [4.69, 9.17) is 18.9 Å². The molecule has 2 aliphatic rings. The minimum absolute atomic E-state index is 0.169. The molecule has 110 valence electrons. The summed E-state index contributed by atoms with van der Waals surface area (Å²) >= 11 is 0. The zero-order valence-electron chi connectivity index (χ0n) is 11.4. The fraction of sp³-hybridized carbons (Fsp3) is 0.571. The molecule has 3 rings (SSSR count). The van der Waals surface area contributed by atoms with E-state index in [0.29, 0.717) is 43.4 Å². The van der Waals surface area contributed by atoms with E-state index < -0.39 is 5.82 Å².